The number of quaternary nitrogens is 1. The third-order valence-corrected chi connectivity index (χ3v) is 14.5. The number of carbonyl (C=O) groups is 3. The summed E-state index contributed by atoms with van der Waals surface area (Å²) in [6, 6.07) is 0. The van der Waals surface area contributed by atoms with Crippen LogP contribution in [0.15, 0.2) is 60.8 Å². The maximum atomic E-state index is 12.9. The lowest BCUT2D eigenvalue weighted by molar-refractivity contribution is -0.870. The number of nitrogens with zero attached hydrogens (tertiary/aromatic N) is 1. The molecule has 0 aliphatic heterocycles. The summed E-state index contributed by atoms with van der Waals surface area (Å²) in [7, 11) is 5.97. The first-order valence-corrected chi connectivity index (χ1v) is 33.0. The molecule has 0 bridgehead atoms. The number of esters is 2. The average molecular weight is 1100 g/mol. The fourth-order valence-corrected chi connectivity index (χ4v) is 9.47. The summed E-state index contributed by atoms with van der Waals surface area (Å²) in [5, 5.41) is 9.69. The van der Waals surface area contributed by atoms with Crippen LogP contribution in [0.5, 0.6) is 0 Å². The van der Waals surface area contributed by atoms with Crippen molar-refractivity contribution >= 4 is 17.9 Å². The first-order chi connectivity index (χ1) is 38.1. The van der Waals surface area contributed by atoms with E-state index in [1.165, 1.54) is 193 Å². The summed E-state index contributed by atoms with van der Waals surface area (Å²) in [6.45, 7) is 4.76. The Morgan fingerprint density at radius 1 is 0.397 bits per heavy atom. The second kappa shape index (κ2) is 60.1. The summed E-state index contributed by atoms with van der Waals surface area (Å²) < 4.78 is 22.9. The average Bonchev–Trinajstić information content (AvgIpc) is 3.41. The van der Waals surface area contributed by atoms with Gasteiger partial charge in [0.1, 0.15) is 13.2 Å². The second-order valence-electron chi connectivity index (χ2n) is 23.4. The Balaban J connectivity index is 3.88. The molecule has 0 rings (SSSR count). The molecule has 0 aromatic rings. The minimum atomic E-state index is -1.51. The first-order valence-electron chi connectivity index (χ1n) is 33.0. The number of carbonyl (C=O) groups excluding carboxylic acids is 2. The number of carboxylic acids is 1. The fourth-order valence-electron chi connectivity index (χ4n) is 9.47. The zero-order valence-electron chi connectivity index (χ0n) is 51.8. The molecule has 0 heterocycles. The normalized spacial score (nSPS) is 13.1. The van der Waals surface area contributed by atoms with Gasteiger partial charge < -0.3 is 28.5 Å². The number of carboxylic acid groups (broad SMARTS) is 1. The lowest BCUT2D eigenvalue weighted by Gasteiger charge is -2.25. The molecular formula is C69H126NO8+. The fraction of sp³-hybridized carbons (Fsp3) is 0.812. The quantitative estimate of drug-likeness (QED) is 0.0211. The van der Waals surface area contributed by atoms with E-state index >= 15 is 0 Å². The van der Waals surface area contributed by atoms with Crippen LogP contribution in [0.4, 0.5) is 0 Å². The van der Waals surface area contributed by atoms with Crippen molar-refractivity contribution < 1.29 is 42.9 Å². The van der Waals surface area contributed by atoms with Gasteiger partial charge in [-0.15, -0.1) is 0 Å². The number of aliphatic carboxylic acids is 1. The van der Waals surface area contributed by atoms with Crippen LogP contribution in [0.3, 0.4) is 0 Å². The molecule has 1 N–H and O–H groups in total. The molecule has 0 saturated carbocycles. The number of likely N-dealkylation sites (N-methyl/N-ethyl adjacent to an activating group) is 1. The van der Waals surface area contributed by atoms with Crippen LogP contribution in [-0.2, 0) is 33.3 Å². The maximum Gasteiger partial charge on any atom is 0.361 e. The van der Waals surface area contributed by atoms with Gasteiger partial charge in [-0.3, -0.25) is 9.59 Å². The van der Waals surface area contributed by atoms with E-state index in [4.69, 9.17) is 18.9 Å². The lowest BCUT2D eigenvalue weighted by atomic mass is 10.0. The van der Waals surface area contributed by atoms with Crippen molar-refractivity contribution in [3.05, 3.63) is 60.8 Å². The Morgan fingerprint density at radius 3 is 1.10 bits per heavy atom. The molecule has 0 fully saturated rings. The third-order valence-electron chi connectivity index (χ3n) is 14.5. The van der Waals surface area contributed by atoms with E-state index in [9.17, 15) is 19.5 Å². The van der Waals surface area contributed by atoms with Crippen molar-refractivity contribution in [3.8, 4) is 0 Å². The van der Waals surface area contributed by atoms with Crippen LogP contribution in [-0.4, -0.2) is 87.4 Å². The van der Waals surface area contributed by atoms with Crippen LogP contribution in [0.1, 0.15) is 303 Å². The van der Waals surface area contributed by atoms with E-state index in [1.807, 2.05) is 21.1 Å². The lowest BCUT2D eigenvalue weighted by Crippen LogP contribution is -2.40. The minimum absolute atomic E-state index is 0.183. The molecule has 0 saturated heterocycles. The van der Waals surface area contributed by atoms with Crippen LogP contribution in [0.2, 0.25) is 0 Å². The number of ether oxygens (including phenoxy) is 4. The SMILES string of the molecule is CC/C=C\C/C=C\C/C=C\C/C=C\CCCCCCCCCCCCCCCCCCCCCCCCCCCCCCC(=O)OC(COC(=O)CCCCCCC/C=C\CCCCC)COC(OCC[N+](C)(C)C)C(=O)O. The Hall–Kier alpha value is -3.01. The molecule has 0 aliphatic carbocycles. The van der Waals surface area contributed by atoms with Crippen molar-refractivity contribution in [2.45, 2.75) is 315 Å². The van der Waals surface area contributed by atoms with Gasteiger partial charge in [-0.25, -0.2) is 4.79 Å². The molecule has 9 nitrogen and oxygen atoms in total. The summed E-state index contributed by atoms with van der Waals surface area (Å²) in [5.41, 5.74) is 0. The second-order valence-corrected chi connectivity index (χ2v) is 23.4. The monoisotopic (exact) mass is 1100 g/mol. The maximum absolute atomic E-state index is 12.9. The van der Waals surface area contributed by atoms with E-state index in [0.29, 0.717) is 17.4 Å². The predicted molar refractivity (Wildman–Crippen MR) is 332 cm³/mol. The number of allylic oxidation sites excluding steroid dienone is 10. The minimum Gasteiger partial charge on any atom is -0.477 e. The molecular weight excluding hydrogens is 971 g/mol. The van der Waals surface area contributed by atoms with Crippen molar-refractivity contribution in [3.63, 3.8) is 0 Å². The Morgan fingerprint density at radius 2 is 0.731 bits per heavy atom. The molecule has 0 radical (unpaired) electrons. The molecule has 0 aromatic heterocycles. The van der Waals surface area contributed by atoms with Crippen LogP contribution >= 0.6 is 0 Å². The topological polar surface area (TPSA) is 108 Å². The summed E-state index contributed by atoms with van der Waals surface area (Å²) in [6.07, 6.45) is 75.0. The Kier molecular flexibility index (Phi) is 57.8. The van der Waals surface area contributed by atoms with Crippen molar-refractivity contribution in [2.24, 2.45) is 0 Å². The predicted octanol–water partition coefficient (Wildman–Crippen LogP) is 20.0. The van der Waals surface area contributed by atoms with Gasteiger partial charge in [0.2, 0.25) is 0 Å². The highest BCUT2D eigenvalue weighted by Crippen LogP contribution is 2.18. The number of hydrogen-bond acceptors (Lipinski definition) is 7. The van der Waals surface area contributed by atoms with Gasteiger partial charge in [-0.1, -0.05) is 274 Å². The highest BCUT2D eigenvalue weighted by Gasteiger charge is 2.25. The molecule has 0 aromatic carbocycles. The zero-order chi connectivity index (χ0) is 56.9. The van der Waals surface area contributed by atoms with E-state index < -0.39 is 24.3 Å². The molecule has 454 valence electrons. The Labute approximate surface area is 482 Å². The van der Waals surface area contributed by atoms with E-state index in [0.717, 1.165) is 83.5 Å². The zero-order valence-corrected chi connectivity index (χ0v) is 51.8. The molecule has 0 amide bonds. The van der Waals surface area contributed by atoms with Crippen LogP contribution in [0, 0.1) is 0 Å². The molecule has 0 aliphatic rings. The summed E-state index contributed by atoms with van der Waals surface area (Å²) >= 11 is 0. The van der Waals surface area contributed by atoms with Gasteiger partial charge in [-0.2, -0.15) is 0 Å². The Bertz CT molecular complexity index is 1460. The highest BCUT2D eigenvalue weighted by atomic mass is 16.7. The molecule has 9 heteroatoms. The van der Waals surface area contributed by atoms with Gasteiger partial charge in [-0.05, 0) is 77.0 Å². The van der Waals surface area contributed by atoms with Gasteiger partial charge in [0.25, 0.3) is 6.29 Å². The van der Waals surface area contributed by atoms with E-state index in [2.05, 4.69) is 74.6 Å². The van der Waals surface area contributed by atoms with Crippen LogP contribution < -0.4 is 0 Å². The molecule has 2 atom stereocenters. The number of hydrogen-bond donors (Lipinski definition) is 1. The molecule has 2 unspecified atom stereocenters. The van der Waals surface area contributed by atoms with E-state index in [1.54, 1.807) is 0 Å². The van der Waals surface area contributed by atoms with E-state index in [-0.39, 0.29) is 32.2 Å². The van der Waals surface area contributed by atoms with Crippen molar-refractivity contribution in [1.82, 2.24) is 0 Å². The largest absolute Gasteiger partial charge is 0.477 e. The van der Waals surface area contributed by atoms with Crippen LogP contribution in [0.25, 0.3) is 0 Å². The molecule has 0 spiro atoms. The third kappa shape index (κ3) is 60.6. The van der Waals surface area contributed by atoms with Gasteiger partial charge >= 0.3 is 17.9 Å². The van der Waals surface area contributed by atoms with Gasteiger partial charge in [0.05, 0.1) is 34.4 Å². The van der Waals surface area contributed by atoms with Crippen molar-refractivity contribution in [1.29, 1.82) is 0 Å². The first kappa shape index (κ1) is 75.0. The standard InChI is InChI=1S/C69H125NO8/c1-6-8-10-12-14-16-18-20-21-22-23-24-25-26-27-28-29-30-31-32-33-34-35-36-37-38-39-40-41-42-43-44-45-46-47-48-50-52-54-56-58-60-67(72)78-65(64-77-69(68(73)74)75-62-61-70(3,4)5)63-76-66(71)59-57-55-53-51-49-19-17-15-13-11-9-7-2/h8,10,14-17,20-21,23-24,65,69H,6-7,9,11-13,18-19,22,25-64H2,1-5H3/p+1/b10-8-,16-14-,17-15-,21-20-,24-23-. The summed E-state index contributed by atoms with van der Waals surface area (Å²) in [5.74, 6) is -2.00. The number of unbranched alkanes of at least 4 members (excludes halogenated alkanes) is 36. The highest BCUT2D eigenvalue weighted by molar-refractivity contribution is 5.71. The molecule has 78 heavy (non-hydrogen) atoms. The van der Waals surface area contributed by atoms with Gasteiger partial charge in [0, 0.05) is 12.8 Å². The van der Waals surface area contributed by atoms with Gasteiger partial charge in [0.15, 0.2) is 6.10 Å². The summed E-state index contributed by atoms with van der Waals surface area (Å²) in [4.78, 5) is 37.4. The smallest absolute Gasteiger partial charge is 0.361 e. The number of rotatable bonds is 61. The van der Waals surface area contributed by atoms with Crippen molar-refractivity contribution in [2.75, 3.05) is 47.5 Å².